The Hall–Kier alpha value is -1.33. The van der Waals surface area contributed by atoms with Crippen molar-refractivity contribution in [2.24, 2.45) is 11.3 Å². The Morgan fingerprint density at radius 3 is 2.29 bits per heavy atom. The van der Waals surface area contributed by atoms with E-state index in [4.69, 9.17) is 0 Å². The first-order valence-corrected chi connectivity index (χ1v) is 6.29. The zero-order valence-electron chi connectivity index (χ0n) is 10.5. The molecule has 2 rings (SSSR count). The lowest BCUT2D eigenvalue weighted by Gasteiger charge is -2.31. The number of hydrogen-bond donors (Lipinski definition) is 1. The van der Waals surface area contributed by atoms with Gasteiger partial charge in [-0.15, -0.1) is 0 Å². The average molecular weight is 229 g/mol. The zero-order chi connectivity index (χ0) is 12.5. The number of nitrogens with zero attached hydrogens (tertiary/aromatic N) is 1. The molecule has 1 aromatic carbocycles. The van der Waals surface area contributed by atoms with Gasteiger partial charge in [-0.3, -0.25) is 0 Å². The molecule has 90 valence electrons. The van der Waals surface area contributed by atoms with Gasteiger partial charge in [-0.2, -0.15) is 5.26 Å². The van der Waals surface area contributed by atoms with E-state index in [1.54, 1.807) is 0 Å². The predicted molar refractivity (Wildman–Crippen MR) is 67.4 cm³/mol. The average Bonchev–Trinajstić information content (AvgIpc) is 2.76. The third-order valence-electron chi connectivity index (χ3n) is 4.10. The number of benzene rings is 1. The summed E-state index contributed by atoms with van der Waals surface area (Å²) in [5.41, 5.74) is 1.83. The van der Waals surface area contributed by atoms with Gasteiger partial charge in [0.05, 0.1) is 17.6 Å². The van der Waals surface area contributed by atoms with Crippen LogP contribution in [0.15, 0.2) is 24.3 Å². The Labute approximate surface area is 103 Å². The molecule has 0 fully saturated rings. The van der Waals surface area contributed by atoms with Crippen molar-refractivity contribution in [3.8, 4) is 6.07 Å². The lowest BCUT2D eigenvalue weighted by atomic mass is 9.75. The van der Waals surface area contributed by atoms with E-state index >= 15 is 0 Å². The SMILES string of the molecule is CCC(C)C(O)C1(C#N)Cc2ccccc2C1. The highest BCUT2D eigenvalue weighted by Crippen LogP contribution is 2.41. The van der Waals surface area contributed by atoms with Crippen LogP contribution in [0.2, 0.25) is 0 Å². The summed E-state index contributed by atoms with van der Waals surface area (Å²) < 4.78 is 0. The van der Waals surface area contributed by atoms with Crippen molar-refractivity contribution in [1.82, 2.24) is 0 Å². The molecular weight excluding hydrogens is 210 g/mol. The Bertz CT molecular complexity index is 421. The van der Waals surface area contributed by atoms with Crippen LogP contribution in [0.3, 0.4) is 0 Å². The second kappa shape index (κ2) is 4.50. The summed E-state index contributed by atoms with van der Waals surface area (Å²) in [5, 5.41) is 19.9. The molecule has 2 nitrogen and oxygen atoms in total. The molecule has 1 aliphatic rings. The Balaban J connectivity index is 2.30. The zero-order valence-corrected chi connectivity index (χ0v) is 10.5. The maximum Gasteiger partial charge on any atom is 0.0915 e. The molecule has 17 heavy (non-hydrogen) atoms. The second-order valence-electron chi connectivity index (χ2n) is 5.22. The quantitative estimate of drug-likeness (QED) is 0.866. The van der Waals surface area contributed by atoms with E-state index in [1.807, 2.05) is 19.1 Å². The predicted octanol–water partition coefficient (Wildman–Crippen LogP) is 2.70. The molecule has 0 spiro atoms. The fourth-order valence-electron chi connectivity index (χ4n) is 2.77. The molecule has 2 unspecified atom stereocenters. The molecule has 0 amide bonds. The molecule has 0 bridgehead atoms. The summed E-state index contributed by atoms with van der Waals surface area (Å²) in [6, 6.07) is 10.5. The van der Waals surface area contributed by atoms with E-state index in [1.165, 1.54) is 11.1 Å². The standard InChI is InChI=1S/C15H19NO/c1-3-11(2)14(17)15(10-16)8-12-6-4-5-7-13(12)9-15/h4-7,11,14,17H,3,8-9H2,1-2H3. The van der Waals surface area contributed by atoms with Crippen LogP contribution < -0.4 is 0 Å². The van der Waals surface area contributed by atoms with Gasteiger partial charge in [0.15, 0.2) is 0 Å². The van der Waals surface area contributed by atoms with Gasteiger partial charge in [0.25, 0.3) is 0 Å². The smallest absolute Gasteiger partial charge is 0.0915 e. The fourth-order valence-corrected chi connectivity index (χ4v) is 2.77. The first kappa shape index (κ1) is 12.1. The van der Waals surface area contributed by atoms with Crippen LogP contribution in [-0.2, 0) is 12.8 Å². The third-order valence-corrected chi connectivity index (χ3v) is 4.10. The Morgan fingerprint density at radius 2 is 1.88 bits per heavy atom. The summed E-state index contributed by atoms with van der Waals surface area (Å²) in [5.74, 6) is 0.170. The van der Waals surface area contributed by atoms with Gasteiger partial charge in [-0.25, -0.2) is 0 Å². The molecule has 0 saturated carbocycles. The van der Waals surface area contributed by atoms with Crippen LogP contribution in [0.1, 0.15) is 31.4 Å². The van der Waals surface area contributed by atoms with Crippen molar-refractivity contribution < 1.29 is 5.11 Å². The first-order chi connectivity index (χ1) is 8.13. The highest BCUT2D eigenvalue weighted by atomic mass is 16.3. The topological polar surface area (TPSA) is 44.0 Å². The maximum atomic E-state index is 10.4. The molecular formula is C15H19NO. The van der Waals surface area contributed by atoms with Gasteiger partial charge < -0.3 is 5.11 Å². The van der Waals surface area contributed by atoms with Gasteiger partial charge in [0.2, 0.25) is 0 Å². The van der Waals surface area contributed by atoms with E-state index < -0.39 is 11.5 Å². The summed E-state index contributed by atoms with van der Waals surface area (Å²) in [7, 11) is 0. The van der Waals surface area contributed by atoms with Crippen molar-refractivity contribution in [2.45, 2.75) is 39.2 Å². The van der Waals surface area contributed by atoms with Gasteiger partial charge in [-0.05, 0) is 29.9 Å². The normalized spacial score (nSPS) is 20.4. The van der Waals surface area contributed by atoms with E-state index in [-0.39, 0.29) is 5.92 Å². The van der Waals surface area contributed by atoms with Crippen molar-refractivity contribution in [2.75, 3.05) is 0 Å². The van der Waals surface area contributed by atoms with Crippen molar-refractivity contribution >= 4 is 0 Å². The summed E-state index contributed by atoms with van der Waals surface area (Å²) >= 11 is 0. The van der Waals surface area contributed by atoms with E-state index in [2.05, 4.69) is 25.1 Å². The van der Waals surface area contributed by atoms with Crippen LogP contribution in [0, 0.1) is 22.7 Å². The molecule has 2 atom stereocenters. The van der Waals surface area contributed by atoms with Gasteiger partial charge in [0, 0.05) is 0 Å². The maximum absolute atomic E-state index is 10.4. The van der Waals surface area contributed by atoms with Gasteiger partial charge in [0.1, 0.15) is 0 Å². The number of aliphatic hydroxyl groups excluding tert-OH is 1. The van der Waals surface area contributed by atoms with Crippen LogP contribution in [0.5, 0.6) is 0 Å². The highest BCUT2D eigenvalue weighted by Gasteiger charge is 2.45. The van der Waals surface area contributed by atoms with Crippen LogP contribution in [-0.4, -0.2) is 11.2 Å². The van der Waals surface area contributed by atoms with Crippen LogP contribution in [0.25, 0.3) is 0 Å². The summed E-state index contributed by atoms with van der Waals surface area (Å²) in [4.78, 5) is 0. The summed E-state index contributed by atoms with van der Waals surface area (Å²) in [6.07, 6.45) is 1.74. The third kappa shape index (κ3) is 1.96. The molecule has 1 N–H and O–H groups in total. The van der Waals surface area contributed by atoms with Crippen molar-refractivity contribution in [1.29, 1.82) is 5.26 Å². The monoisotopic (exact) mass is 229 g/mol. The molecule has 1 aromatic rings. The minimum absolute atomic E-state index is 0.170. The second-order valence-corrected chi connectivity index (χ2v) is 5.22. The minimum atomic E-state index is -0.612. The molecule has 0 aromatic heterocycles. The van der Waals surface area contributed by atoms with E-state index in [0.29, 0.717) is 12.8 Å². The minimum Gasteiger partial charge on any atom is -0.391 e. The number of aliphatic hydroxyl groups is 1. The molecule has 2 heteroatoms. The number of hydrogen-bond acceptors (Lipinski definition) is 2. The van der Waals surface area contributed by atoms with E-state index in [9.17, 15) is 10.4 Å². The Kier molecular flexibility index (Phi) is 3.22. The Morgan fingerprint density at radius 1 is 1.35 bits per heavy atom. The lowest BCUT2D eigenvalue weighted by Crippen LogP contribution is -2.39. The van der Waals surface area contributed by atoms with Gasteiger partial charge >= 0.3 is 0 Å². The number of fused-ring (bicyclic) bond motifs is 1. The fraction of sp³-hybridized carbons (Fsp3) is 0.533. The largest absolute Gasteiger partial charge is 0.391 e. The van der Waals surface area contributed by atoms with Crippen molar-refractivity contribution in [3.05, 3.63) is 35.4 Å². The molecule has 0 saturated heterocycles. The molecule has 0 aliphatic heterocycles. The molecule has 0 heterocycles. The number of rotatable bonds is 3. The van der Waals surface area contributed by atoms with E-state index in [0.717, 1.165) is 6.42 Å². The first-order valence-electron chi connectivity index (χ1n) is 6.29. The highest BCUT2D eigenvalue weighted by molar-refractivity contribution is 5.38. The van der Waals surface area contributed by atoms with Gasteiger partial charge in [-0.1, -0.05) is 44.5 Å². The van der Waals surface area contributed by atoms with Crippen LogP contribution >= 0.6 is 0 Å². The van der Waals surface area contributed by atoms with Crippen LogP contribution in [0.4, 0.5) is 0 Å². The molecule has 0 radical (unpaired) electrons. The molecule has 1 aliphatic carbocycles. The number of nitriles is 1. The van der Waals surface area contributed by atoms with Crippen molar-refractivity contribution in [3.63, 3.8) is 0 Å². The lowest BCUT2D eigenvalue weighted by molar-refractivity contribution is 0.0228. The summed E-state index contributed by atoms with van der Waals surface area (Å²) in [6.45, 7) is 4.08.